The van der Waals surface area contributed by atoms with Crippen molar-refractivity contribution in [1.29, 1.82) is 0 Å². The number of carbonyl (C=O) groups is 2. The Hall–Kier alpha value is -0.860. The average Bonchev–Trinajstić information content (AvgIpc) is 2.97. The van der Waals surface area contributed by atoms with Crippen LogP contribution in [0.5, 0.6) is 0 Å². The van der Waals surface area contributed by atoms with E-state index < -0.39 is 0 Å². The summed E-state index contributed by atoms with van der Waals surface area (Å²) in [4.78, 5) is 26.4. The molecule has 1 aromatic rings. The van der Waals surface area contributed by atoms with E-state index in [0.717, 1.165) is 19.5 Å². The van der Waals surface area contributed by atoms with E-state index in [1.807, 2.05) is 11.3 Å². The van der Waals surface area contributed by atoms with Crippen molar-refractivity contribution in [2.24, 2.45) is 5.73 Å². The molecule has 1 unspecified atom stereocenters. The molecule has 1 aliphatic rings. The quantitative estimate of drug-likeness (QED) is 0.669. The lowest BCUT2D eigenvalue weighted by Gasteiger charge is -2.32. The van der Waals surface area contributed by atoms with Crippen LogP contribution in [-0.2, 0) is 22.6 Å². The lowest BCUT2D eigenvalue weighted by molar-refractivity contribution is -0.125. The molecule has 0 saturated carbocycles. The van der Waals surface area contributed by atoms with E-state index in [9.17, 15) is 9.59 Å². The number of hydrogen-bond donors (Lipinski definition) is 3. The SMILES string of the molecule is CC(CNC(=O)CNC(=O)CN)N1CCc2sccc2C1.Cl.Cl. The molecule has 1 aliphatic heterocycles. The van der Waals surface area contributed by atoms with Gasteiger partial charge < -0.3 is 16.4 Å². The Morgan fingerprint density at radius 2 is 2.09 bits per heavy atom. The Morgan fingerprint density at radius 3 is 2.78 bits per heavy atom. The summed E-state index contributed by atoms with van der Waals surface area (Å²) in [6, 6.07) is 2.45. The first-order chi connectivity index (χ1) is 10.1. The molecule has 0 saturated heterocycles. The third-order valence-electron chi connectivity index (χ3n) is 3.69. The van der Waals surface area contributed by atoms with Crippen molar-refractivity contribution in [2.45, 2.75) is 25.9 Å². The number of nitrogens with two attached hydrogens (primary N) is 1. The molecule has 0 aromatic carbocycles. The minimum Gasteiger partial charge on any atom is -0.353 e. The zero-order chi connectivity index (χ0) is 15.2. The van der Waals surface area contributed by atoms with Crippen LogP contribution in [0.4, 0.5) is 0 Å². The standard InChI is InChI=1S/C14H22N4O2S.2ClH/c1-10(7-16-14(20)8-17-13(19)6-15)18-4-2-12-11(9-18)3-5-21-12;;/h3,5,10H,2,4,6-9,15H2,1H3,(H,16,20)(H,17,19);2*1H. The van der Waals surface area contributed by atoms with E-state index in [1.165, 1.54) is 10.4 Å². The van der Waals surface area contributed by atoms with Crippen molar-refractivity contribution in [3.63, 3.8) is 0 Å². The lowest BCUT2D eigenvalue weighted by atomic mass is 10.1. The first-order valence-corrected chi connectivity index (χ1v) is 8.01. The first kappa shape index (κ1) is 22.1. The zero-order valence-corrected chi connectivity index (χ0v) is 15.5. The van der Waals surface area contributed by atoms with Crippen LogP contribution in [0.2, 0.25) is 0 Å². The highest BCUT2D eigenvalue weighted by molar-refractivity contribution is 7.10. The molecule has 0 aliphatic carbocycles. The molecule has 1 atom stereocenters. The van der Waals surface area contributed by atoms with Crippen molar-refractivity contribution in [2.75, 3.05) is 26.2 Å². The molecule has 23 heavy (non-hydrogen) atoms. The fraction of sp³-hybridized carbons (Fsp3) is 0.571. The van der Waals surface area contributed by atoms with Crippen molar-refractivity contribution < 1.29 is 9.59 Å². The fourth-order valence-electron chi connectivity index (χ4n) is 2.35. The molecule has 0 radical (unpaired) electrons. The minimum absolute atomic E-state index is 0. The number of thiophene rings is 1. The second-order valence-corrected chi connectivity index (χ2v) is 6.22. The monoisotopic (exact) mass is 382 g/mol. The van der Waals surface area contributed by atoms with Gasteiger partial charge in [0, 0.05) is 30.6 Å². The second-order valence-electron chi connectivity index (χ2n) is 5.22. The van der Waals surface area contributed by atoms with Gasteiger partial charge in [-0.05, 0) is 30.4 Å². The summed E-state index contributed by atoms with van der Waals surface area (Å²) in [5, 5.41) is 7.44. The zero-order valence-electron chi connectivity index (χ0n) is 13.0. The number of carbonyl (C=O) groups excluding carboxylic acids is 2. The van der Waals surface area contributed by atoms with Gasteiger partial charge in [0.05, 0.1) is 13.1 Å². The van der Waals surface area contributed by atoms with Gasteiger partial charge in [-0.2, -0.15) is 0 Å². The molecular formula is C14H24Cl2N4O2S. The summed E-state index contributed by atoms with van der Waals surface area (Å²) < 4.78 is 0. The minimum atomic E-state index is -0.320. The van der Waals surface area contributed by atoms with E-state index >= 15 is 0 Å². The van der Waals surface area contributed by atoms with Gasteiger partial charge in [0.1, 0.15) is 0 Å². The normalized spacial score (nSPS) is 14.7. The Labute approximate surface area is 153 Å². The molecule has 0 bridgehead atoms. The van der Waals surface area contributed by atoms with Crippen LogP contribution in [0.3, 0.4) is 0 Å². The van der Waals surface area contributed by atoms with Crippen molar-refractivity contribution >= 4 is 48.0 Å². The van der Waals surface area contributed by atoms with Crippen molar-refractivity contribution in [3.8, 4) is 0 Å². The first-order valence-electron chi connectivity index (χ1n) is 7.13. The molecule has 1 aromatic heterocycles. The number of amides is 2. The Morgan fingerprint density at radius 1 is 1.35 bits per heavy atom. The molecule has 0 spiro atoms. The summed E-state index contributed by atoms with van der Waals surface area (Å²) in [6.45, 7) is 4.54. The highest BCUT2D eigenvalue weighted by atomic mass is 35.5. The van der Waals surface area contributed by atoms with Gasteiger partial charge in [0.2, 0.25) is 11.8 Å². The Kier molecular flexibility index (Phi) is 10.4. The molecular weight excluding hydrogens is 359 g/mol. The topological polar surface area (TPSA) is 87.5 Å². The maximum absolute atomic E-state index is 11.6. The molecule has 0 fully saturated rings. The number of nitrogens with one attached hydrogen (secondary N) is 2. The third-order valence-corrected chi connectivity index (χ3v) is 4.71. The van der Waals surface area contributed by atoms with E-state index in [1.54, 1.807) is 0 Å². The van der Waals surface area contributed by atoms with Crippen LogP contribution in [0.25, 0.3) is 0 Å². The predicted octanol–water partition coefficient (Wildman–Crippen LogP) is 0.529. The van der Waals surface area contributed by atoms with Gasteiger partial charge >= 0.3 is 0 Å². The van der Waals surface area contributed by atoms with Crippen LogP contribution >= 0.6 is 36.2 Å². The van der Waals surface area contributed by atoms with E-state index in [2.05, 4.69) is 33.9 Å². The van der Waals surface area contributed by atoms with Gasteiger partial charge in [-0.25, -0.2) is 0 Å². The van der Waals surface area contributed by atoms with E-state index in [0.29, 0.717) is 6.54 Å². The summed E-state index contributed by atoms with van der Waals surface area (Å²) in [6.07, 6.45) is 1.08. The number of rotatable bonds is 6. The largest absolute Gasteiger partial charge is 0.353 e. The van der Waals surface area contributed by atoms with Crippen molar-refractivity contribution in [1.82, 2.24) is 15.5 Å². The highest BCUT2D eigenvalue weighted by Gasteiger charge is 2.21. The Balaban J connectivity index is 0.00000242. The smallest absolute Gasteiger partial charge is 0.239 e. The highest BCUT2D eigenvalue weighted by Crippen LogP contribution is 2.24. The number of halogens is 2. The van der Waals surface area contributed by atoms with Crippen LogP contribution in [0, 0.1) is 0 Å². The van der Waals surface area contributed by atoms with Gasteiger partial charge in [-0.3, -0.25) is 14.5 Å². The van der Waals surface area contributed by atoms with Gasteiger partial charge in [-0.1, -0.05) is 0 Å². The predicted molar refractivity (Wildman–Crippen MR) is 97.5 cm³/mol. The van der Waals surface area contributed by atoms with Crippen molar-refractivity contribution in [3.05, 3.63) is 21.9 Å². The van der Waals surface area contributed by atoms with E-state index in [-0.39, 0.29) is 55.8 Å². The van der Waals surface area contributed by atoms with Gasteiger partial charge in [0.25, 0.3) is 0 Å². The lowest BCUT2D eigenvalue weighted by Crippen LogP contribution is -2.46. The number of hydrogen-bond acceptors (Lipinski definition) is 5. The molecule has 2 heterocycles. The number of fused-ring (bicyclic) bond motifs is 1. The third kappa shape index (κ3) is 6.64. The van der Waals surface area contributed by atoms with Crippen LogP contribution in [0.1, 0.15) is 17.4 Å². The maximum Gasteiger partial charge on any atom is 0.239 e. The summed E-state index contributed by atoms with van der Waals surface area (Å²) in [7, 11) is 0. The van der Waals surface area contributed by atoms with E-state index in [4.69, 9.17) is 5.73 Å². The molecule has 2 rings (SSSR count). The molecule has 4 N–H and O–H groups in total. The maximum atomic E-state index is 11.6. The second kappa shape index (κ2) is 10.8. The average molecular weight is 383 g/mol. The summed E-state index contributed by atoms with van der Waals surface area (Å²) >= 11 is 1.82. The fourth-order valence-corrected chi connectivity index (χ4v) is 3.24. The van der Waals surface area contributed by atoms with Crippen LogP contribution in [-0.4, -0.2) is 48.9 Å². The van der Waals surface area contributed by atoms with Gasteiger partial charge in [-0.15, -0.1) is 36.2 Å². The molecule has 132 valence electrons. The molecule has 9 heteroatoms. The van der Waals surface area contributed by atoms with Gasteiger partial charge in [0.15, 0.2) is 0 Å². The van der Waals surface area contributed by atoms with Crippen LogP contribution in [0.15, 0.2) is 11.4 Å². The molecule has 6 nitrogen and oxygen atoms in total. The van der Waals surface area contributed by atoms with Crippen LogP contribution < -0.4 is 16.4 Å². The summed E-state index contributed by atoms with van der Waals surface area (Å²) in [5.41, 5.74) is 6.56. The molecule has 2 amide bonds. The summed E-state index contributed by atoms with van der Waals surface area (Å²) in [5.74, 6) is -0.504. The number of nitrogens with zero attached hydrogens (tertiary/aromatic N) is 1. The Bertz CT molecular complexity index is 513.